The topological polar surface area (TPSA) is 113 Å². The molecule has 118 valence electrons. The van der Waals surface area contributed by atoms with Crippen LogP contribution < -0.4 is 5.32 Å². The van der Waals surface area contributed by atoms with Crippen LogP contribution in [0.5, 0.6) is 0 Å². The van der Waals surface area contributed by atoms with E-state index in [9.17, 15) is 18.5 Å². The van der Waals surface area contributed by atoms with Crippen molar-refractivity contribution < 1.29 is 13.3 Å². The van der Waals surface area contributed by atoms with Crippen molar-refractivity contribution in [2.75, 3.05) is 17.6 Å². The predicted molar refractivity (Wildman–Crippen MR) is 84.8 cm³/mol. The number of nitrogens with zero attached hydrogens (tertiary/aromatic N) is 2. The Morgan fingerprint density at radius 2 is 1.87 bits per heavy atom. The number of sulfone groups is 1. The maximum Gasteiger partial charge on any atom is 0.287 e. The van der Waals surface area contributed by atoms with Crippen molar-refractivity contribution in [2.24, 2.45) is 0 Å². The molecule has 2 aromatic carbocycles. The second kappa shape index (κ2) is 6.89. The standard InChI is InChI=1S/C15H13N3O4S/c16-11-12-10-13(6-7-15(12)18(19)20)17-8-9-23(21,22)14-4-2-1-3-5-14/h1-7,10,17H,8-9H2. The smallest absolute Gasteiger partial charge is 0.287 e. The predicted octanol–water partition coefficient (Wildman–Crippen LogP) is 2.35. The van der Waals surface area contributed by atoms with Gasteiger partial charge >= 0.3 is 0 Å². The van der Waals surface area contributed by atoms with Crippen molar-refractivity contribution in [1.29, 1.82) is 5.26 Å². The van der Waals surface area contributed by atoms with Crippen molar-refractivity contribution in [3.05, 3.63) is 64.2 Å². The van der Waals surface area contributed by atoms with Gasteiger partial charge < -0.3 is 5.32 Å². The van der Waals surface area contributed by atoms with E-state index >= 15 is 0 Å². The Morgan fingerprint density at radius 3 is 2.48 bits per heavy atom. The van der Waals surface area contributed by atoms with Crippen LogP contribution in [0.15, 0.2) is 53.4 Å². The van der Waals surface area contributed by atoms with Gasteiger partial charge in [-0.05, 0) is 24.3 Å². The average molecular weight is 331 g/mol. The van der Waals surface area contributed by atoms with Crippen LogP contribution in [0.25, 0.3) is 0 Å². The van der Waals surface area contributed by atoms with Gasteiger partial charge in [-0.25, -0.2) is 8.42 Å². The molecule has 0 saturated carbocycles. The van der Waals surface area contributed by atoms with Crippen LogP contribution in [0.4, 0.5) is 11.4 Å². The van der Waals surface area contributed by atoms with E-state index in [0.717, 1.165) is 0 Å². The van der Waals surface area contributed by atoms with Gasteiger partial charge in [0.1, 0.15) is 11.6 Å². The van der Waals surface area contributed by atoms with Crippen molar-refractivity contribution in [3.8, 4) is 6.07 Å². The lowest BCUT2D eigenvalue weighted by molar-refractivity contribution is -0.385. The minimum atomic E-state index is -3.40. The van der Waals surface area contributed by atoms with E-state index in [1.165, 1.54) is 30.3 Å². The summed E-state index contributed by atoms with van der Waals surface area (Å²) in [6, 6.07) is 13.8. The number of hydrogen-bond donors (Lipinski definition) is 1. The Balaban J connectivity index is 2.05. The molecular weight excluding hydrogens is 318 g/mol. The van der Waals surface area contributed by atoms with Gasteiger partial charge in [0.15, 0.2) is 9.84 Å². The van der Waals surface area contributed by atoms with Crippen LogP contribution in [0.1, 0.15) is 5.56 Å². The summed E-state index contributed by atoms with van der Waals surface area (Å²) in [6.07, 6.45) is 0. The molecule has 1 N–H and O–H groups in total. The van der Waals surface area contributed by atoms with Gasteiger partial charge in [-0.15, -0.1) is 0 Å². The molecule has 0 unspecified atom stereocenters. The molecule has 0 heterocycles. The molecule has 0 bridgehead atoms. The number of hydrogen-bond acceptors (Lipinski definition) is 6. The molecule has 0 amide bonds. The molecule has 0 atom stereocenters. The molecule has 7 nitrogen and oxygen atoms in total. The summed E-state index contributed by atoms with van der Waals surface area (Å²) >= 11 is 0. The van der Waals surface area contributed by atoms with Crippen LogP contribution in [-0.4, -0.2) is 25.6 Å². The lowest BCUT2D eigenvalue weighted by atomic mass is 10.2. The zero-order chi connectivity index (χ0) is 16.9. The first kappa shape index (κ1) is 16.5. The van der Waals surface area contributed by atoms with Gasteiger partial charge in [0.25, 0.3) is 5.69 Å². The van der Waals surface area contributed by atoms with Crippen LogP contribution >= 0.6 is 0 Å². The number of nitrogens with one attached hydrogen (secondary N) is 1. The minimum absolute atomic E-state index is 0.0779. The first-order valence-corrected chi connectivity index (χ1v) is 8.29. The zero-order valence-electron chi connectivity index (χ0n) is 12.0. The van der Waals surface area contributed by atoms with Crippen LogP contribution in [0.2, 0.25) is 0 Å². The average Bonchev–Trinajstić information content (AvgIpc) is 2.55. The van der Waals surface area contributed by atoms with E-state index < -0.39 is 14.8 Å². The largest absolute Gasteiger partial charge is 0.384 e. The molecule has 0 radical (unpaired) electrons. The molecule has 2 aromatic rings. The van der Waals surface area contributed by atoms with Crippen LogP contribution in [-0.2, 0) is 9.84 Å². The summed E-state index contributed by atoms with van der Waals surface area (Å²) in [5.74, 6) is -0.129. The van der Waals surface area contributed by atoms with E-state index in [4.69, 9.17) is 5.26 Å². The maximum atomic E-state index is 12.1. The first-order valence-electron chi connectivity index (χ1n) is 6.64. The third kappa shape index (κ3) is 4.05. The van der Waals surface area contributed by atoms with Crippen molar-refractivity contribution in [1.82, 2.24) is 0 Å². The van der Waals surface area contributed by atoms with Gasteiger partial charge in [-0.1, -0.05) is 18.2 Å². The molecule has 23 heavy (non-hydrogen) atoms. The van der Waals surface area contributed by atoms with Gasteiger partial charge in [0.05, 0.1) is 15.6 Å². The lowest BCUT2D eigenvalue weighted by Crippen LogP contribution is -2.16. The number of benzene rings is 2. The van der Waals surface area contributed by atoms with E-state index in [1.807, 2.05) is 0 Å². The molecule has 8 heteroatoms. The summed E-state index contributed by atoms with van der Waals surface area (Å²) in [5.41, 5.74) is 0.0938. The molecule has 2 rings (SSSR count). The minimum Gasteiger partial charge on any atom is -0.384 e. The monoisotopic (exact) mass is 331 g/mol. The highest BCUT2D eigenvalue weighted by atomic mass is 32.2. The first-order chi connectivity index (χ1) is 10.9. The van der Waals surface area contributed by atoms with Gasteiger partial charge in [0, 0.05) is 18.3 Å². The fourth-order valence-corrected chi connectivity index (χ4v) is 3.15. The summed E-state index contributed by atoms with van der Waals surface area (Å²) < 4.78 is 24.2. The normalized spacial score (nSPS) is 10.7. The van der Waals surface area contributed by atoms with E-state index in [-0.39, 0.29) is 28.4 Å². The van der Waals surface area contributed by atoms with Gasteiger partial charge in [-0.2, -0.15) is 5.26 Å². The Kier molecular flexibility index (Phi) is 4.93. The molecule has 0 saturated heterocycles. The van der Waals surface area contributed by atoms with Crippen LogP contribution in [0.3, 0.4) is 0 Å². The third-order valence-corrected chi connectivity index (χ3v) is 4.85. The Labute approximate surface area is 133 Å². The number of anilines is 1. The molecule has 0 aromatic heterocycles. The van der Waals surface area contributed by atoms with E-state index in [0.29, 0.717) is 5.69 Å². The summed E-state index contributed by atoms with van der Waals surface area (Å²) in [4.78, 5) is 10.4. The summed E-state index contributed by atoms with van der Waals surface area (Å²) in [6.45, 7) is 0.125. The van der Waals surface area contributed by atoms with Crippen LogP contribution in [0, 0.1) is 21.4 Å². The number of nitro groups is 1. The zero-order valence-corrected chi connectivity index (χ0v) is 12.8. The summed E-state index contributed by atoms with van der Waals surface area (Å²) in [5, 5.41) is 22.5. The highest BCUT2D eigenvalue weighted by Crippen LogP contribution is 2.21. The lowest BCUT2D eigenvalue weighted by Gasteiger charge is -2.08. The summed E-state index contributed by atoms with van der Waals surface area (Å²) in [7, 11) is -3.40. The molecule has 0 aliphatic carbocycles. The van der Waals surface area contributed by atoms with Gasteiger partial charge in [0.2, 0.25) is 0 Å². The van der Waals surface area contributed by atoms with Crippen molar-refractivity contribution >= 4 is 21.2 Å². The van der Waals surface area contributed by atoms with Gasteiger partial charge in [-0.3, -0.25) is 10.1 Å². The van der Waals surface area contributed by atoms with E-state index in [1.54, 1.807) is 24.3 Å². The maximum absolute atomic E-state index is 12.1. The molecule has 0 aliphatic rings. The quantitative estimate of drug-likeness (QED) is 0.642. The third-order valence-electron chi connectivity index (χ3n) is 3.12. The molecule has 0 aliphatic heterocycles. The highest BCUT2D eigenvalue weighted by Gasteiger charge is 2.15. The Hall–Kier alpha value is -2.92. The molecule has 0 fully saturated rings. The number of rotatable bonds is 6. The molecular formula is C15H13N3O4S. The van der Waals surface area contributed by atoms with E-state index in [2.05, 4.69) is 5.32 Å². The second-order valence-electron chi connectivity index (χ2n) is 4.66. The molecule has 0 spiro atoms. The Morgan fingerprint density at radius 1 is 1.17 bits per heavy atom. The highest BCUT2D eigenvalue weighted by molar-refractivity contribution is 7.91. The Bertz CT molecular complexity index is 858. The number of nitriles is 1. The second-order valence-corrected chi connectivity index (χ2v) is 6.77. The SMILES string of the molecule is N#Cc1cc(NCCS(=O)(=O)c2ccccc2)ccc1[N+](=O)[O-]. The fourth-order valence-electron chi connectivity index (χ4n) is 1.97. The number of nitro benzene ring substituents is 1. The van der Waals surface area contributed by atoms with Crippen molar-refractivity contribution in [3.63, 3.8) is 0 Å². The van der Waals surface area contributed by atoms with Crippen molar-refractivity contribution in [2.45, 2.75) is 4.90 Å². The fraction of sp³-hybridized carbons (Fsp3) is 0.133.